The Labute approximate surface area is 136 Å². The third-order valence-corrected chi connectivity index (χ3v) is 3.30. The van der Waals surface area contributed by atoms with E-state index in [1.54, 1.807) is 0 Å². The molecule has 120 valence electrons. The first-order valence-electron chi connectivity index (χ1n) is 6.95. The summed E-state index contributed by atoms with van der Waals surface area (Å²) in [7, 11) is 0. The number of Topliss-reactive ketones (excluding diaryl/α,β-unsaturated/α-hetero) is 1. The lowest BCUT2D eigenvalue weighted by Gasteiger charge is -2.02. The van der Waals surface area contributed by atoms with Crippen molar-refractivity contribution in [1.29, 1.82) is 0 Å². The molecule has 0 aromatic heterocycles. The Bertz CT molecular complexity index is 882. The van der Waals surface area contributed by atoms with Gasteiger partial charge in [-0.15, -0.1) is 0 Å². The van der Waals surface area contributed by atoms with Crippen LogP contribution in [0.2, 0.25) is 0 Å². The molecule has 1 aliphatic rings. The molecule has 0 unspecified atom stereocenters. The number of carbonyl (C=O) groups is 2. The Hall–Kier alpha value is -3.48. The molecular weight excluding hydrogens is 314 g/mol. The molecule has 1 heterocycles. The molecule has 2 aromatic rings. The SMILES string of the molecule is CC(=O)Oc1ccc2c(c1)O/C(=C\c1ccc([N+](=O)[O-])cc1)C2=O. The number of hydrogen-bond donors (Lipinski definition) is 0. The van der Waals surface area contributed by atoms with Crippen molar-refractivity contribution in [3.63, 3.8) is 0 Å². The van der Waals surface area contributed by atoms with Gasteiger partial charge in [-0.2, -0.15) is 0 Å². The maximum absolute atomic E-state index is 12.3. The van der Waals surface area contributed by atoms with Crippen molar-refractivity contribution in [2.75, 3.05) is 0 Å². The van der Waals surface area contributed by atoms with Crippen LogP contribution in [-0.4, -0.2) is 16.7 Å². The van der Waals surface area contributed by atoms with Crippen molar-refractivity contribution in [1.82, 2.24) is 0 Å². The van der Waals surface area contributed by atoms with Crippen LogP contribution < -0.4 is 9.47 Å². The number of ether oxygens (including phenoxy) is 2. The van der Waals surface area contributed by atoms with Crippen LogP contribution in [0.15, 0.2) is 48.2 Å². The Morgan fingerprint density at radius 2 is 1.92 bits per heavy atom. The number of nitro benzene ring substituents is 1. The highest BCUT2D eigenvalue weighted by molar-refractivity contribution is 6.14. The summed E-state index contributed by atoms with van der Waals surface area (Å²) in [6, 6.07) is 10.2. The third-order valence-electron chi connectivity index (χ3n) is 3.30. The van der Waals surface area contributed by atoms with Crippen LogP contribution >= 0.6 is 0 Å². The smallest absolute Gasteiger partial charge is 0.308 e. The van der Waals surface area contributed by atoms with Gasteiger partial charge in [0.05, 0.1) is 10.5 Å². The van der Waals surface area contributed by atoms with Gasteiger partial charge in [-0.1, -0.05) is 0 Å². The molecule has 1 aliphatic heterocycles. The van der Waals surface area contributed by atoms with E-state index < -0.39 is 10.9 Å². The molecular formula is C17H11NO6. The molecule has 0 N–H and O–H groups in total. The number of carbonyl (C=O) groups excluding carboxylic acids is 2. The summed E-state index contributed by atoms with van der Waals surface area (Å²) in [6.07, 6.45) is 1.50. The Morgan fingerprint density at radius 1 is 1.21 bits per heavy atom. The normalized spacial score (nSPS) is 14.2. The van der Waals surface area contributed by atoms with Gasteiger partial charge >= 0.3 is 5.97 Å². The summed E-state index contributed by atoms with van der Waals surface area (Å²) >= 11 is 0. The largest absolute Gasteiger partial charge is 0.452 e. The first-order chi connectivity index (χ1) is 11.4. The molecule has 0 fully saturated rings. The number of ketones is 1. The standard InChI is InChI=1S/C17H11NO6/c1-10(19)23-13-6-7-14-15(9-13)24-16(17(14)20)8-11-2-4-12(5-3-11)18(21)22/h2-9H,1H3/b16-8-. The van der Waals surface area contributed by atoms with Crippen LogP contribution in [-0.2, 0) is 4.79 Å². The van der Waals surface area contributed by atoms with Gasteiger partial charge < -0.3 is 9.47 Å². The van der Waals surface area contributed by atoms with E-state index in [1.165, 1.54) is 55.5 Å². The number of hydrogen-bond acceptors (Lipinski definition) is 6. The fourth-order valence-electron chi connectivity index (χ4n) is 2.24. The molecule has 7 heteroatoms. The number of rotatable bonds is 3. The fraction of sp³-hybridized carbons (Fsp3) is 0.0588. The molecule has 0 atom stereocenters. The van der Waals surface area contributed by atoms with E-state index in [4.69, 9.17) is 9.47 Å². The maximum Gasteiger partial charge on any atom is 0.308 e. The van der Waals surface area contributed by atoms with Gasteiger partial charge in [-0.25, -0.2) is 0 Å². The van der Waals surface area contributed by atoms with Crippen molar-refractivity contribution in [2.45, 2.75) is 6.92 Å². The number of non-ortho nitro benzene ring substituents is 1. The van der Waals surface area contributed by atoms with Crippen molar-refractivity contribution in [3.8, 4) is 11.5 Å². The van der Waals surface area contributed by atoms with Gasteiger partial charge in [0.25, 0.3) is 5.69 Å². The predicted molar refractivity (Wildman–Crippen MR) is 83.8 cm³/mol. The monoisotopic (exact) mass is 325 g/mol. The summed E-state index contributed by atoms with van der Waals surface area (Å²) in [5.74, 6) is -0.102. The minimum Gasteiger partial charge on any atom is -0.452 e. The fourth-order valence-corrected chi connectivity index (χ4v) is 2.24. The summed E-state index contributed by atoms with van der Waals surface area (Å²) < 4.78 is 10.5. The van der Waals surface area contributed by atoms with Gasteiger partial charge in [0.2, 0.25) is 5.78 Å². The zero-order valence-electron chi connectivity index (χ0n) is 12.5. The lowest BCUT2D eigenvalue weighted by molar-refractivity contribution is -0.384. The van der Waals surface area contributed by atoms with E-state index >= 15 is 0 Å². The summed E-state index contributed by atoms with van der Waals surface area (Å²) in [5, 5.41) is 10.6. The average molecular weight is 325 g/mol. The van der Waals surface area contributed by atoms with Crippen LogP contribution in [0.4, 0.5) is 5.69 Å². The van der Waals surface area contributed by atoms with Crippen LogP contribution in [0.5, 0.6) is 11.5 Å². The average Bonchev–Trinajstić information content (AvgIpc) is 2.83. The van der Waals surface area contributed by atoms with Gasteiger partial charge in [-0.3, -0.25) is 19.7 Å². The molecule has 0 bridgehead atoms. The van der Waals surface area contributed by atoms with E-state index in [9.17, 15) is 19.7 Å². The Kier molecular flexibility index (Phi) is 3.83. The maximum atomic E-state index is 12.3. The topological polar surface area (TPSA) is 95.7 Å². The third kappa shape index (κ3) is 3.00. The first-order valence-corrected chi connectivity index (χ1v) is 6.95. The summed E-state index contributed by atoms with van der Waals surface area (Å²) in [5.41, 5.74) is 0.918. The lowest BCUT2D eigenvalue weighted by Crippen LogP contribution is -2.01. The molecule has 0 saturated heterocycles. The number of nitrogens with zero attached hydrogens (tertiary/aromatic N) is 1. The molecule has 0 spiro atoms. The molecule has 0 amide bonds. The molecule has 0 aliphatic carbocycles. The van der Waals surface area contributed by atoms with Crippen LogP contribution in [0, 0.1) is 10.1 Å². The minimum absolute atomic E-state index is 0.0369. The zero-order chi connectivity index (χ0) is 17.3. The Morgan fingerprint density at radius 3 is 2.54 bits per heavy atom. The van der Waals surface area contributed by atoms with Crippen molar-refractivity contribution < 1.29 is 24.0 Å². The predicted octanol–water partition coefficient (Wildman–Crippen LogP) is 3.14. The van der Waals surface area contributed by atoms with Crippen LogP contribution in [0.1, 0.15) is 22.8 Å². The van der Waals surface area contributed by atoms with Crippen molar-refractivity contribution in [2.24, 2.45) is 0 Å². The quantitative estimate of drug-likeness (QED) is 0.283. The summed E-state index contributed by atoms with van der Waals surface area (Å²) in [4.78, 5) is 33.4. The number of allylic oxidation sites excluding steroid dienone is 1. The van der Waals surface area contributed by atoms with Crippen LogP contribution in [0.25, 0.3) is 6.08 Å². The molecule has 24 heavy (non-hydrogen) atoms. The number of benzene rings is 2. The van der Waals surface area contributed by atoms with E-state index in [2.05, 4.69) is 0 Å². The van der Waals surface area contributed by atoms with Gasteiger partial charge in [0, 0.05) is 25.1 Å². The molecule has 7 nitrogen and oxygen atoms in total. The van der Waals surface area contributed by atoms with E-state index in [1.807, 2.05) is 0 Å². The van der Waals surface area contributed by atoms with Gasteiger partial charge in [0.15, 0.2) is 5.76 Å². The molecule has 0 radical (unpaired) electrons. The Balaban J connectivity index is 1.87. The number of esters is 1. The van der Waals surface area contributed by atoms with Gasteiger partial charge in [-0.05, 0) is 35.9 Å². The number of fused-ring (bicyclic) bond motifs is 1. The highest BCUT2D eigenvalue weighted by Crippen LogP contribution is 2.35. The van der Waals surface area contributed by atoms with Crippen molar-refractivity contribution in [3.05, 3.63) is 69.5 Å². The van der Waals surface area contributed by atoms with Crippen molar-refractivity contribution >= 4 is 23.5 Å². The highest BCUT2D eigenvalue weighted by atomic mass is 16.6. The number of nitro groups is 1. The minimum atomic E-state index is -0.499. The van der Waals surface area contributed by atoms with Crippen LogP contribution in [0.3, 0.4) is 0 Å². The zero-order valence-corrected chi connectivity index (χ0v) is 12.5. The van der Waals surface area contributed by atoms with E-state index in [0.717, 1.165) is 0 Å². The highest BCUT2D eigenvalue weighted by Gasteiger charge is 2.27. The van der Waals surface area contributed by atoms with E-state index in [0.29, 0.717) is 16.9 Å². The molecule has 0 saturated carbocycles. The second-order valence-corrected chi connectivity index (χ2v) is 5.04. The van der Waals surface area contributed by atoms with E-state index in [-0.39, 0.29) is 23.0 Å². The second-order valence-electron chi connectivity index (χ2n) is 5.04. The molecule has 3 rings (SSSR count). The first kappa shape index (κ1) is 15.4. The molecule has 2 aromatic carbocycles. The second kappa shape index (κ2) is 5.96. The summed E-state index contributed by atoms with van der Waals surface area (Å²) in [6.45, 7) is 1.28. The lowest BCUT2D eigenvalue weighted by atomic mass is 10.1. The van der Waals surface area contributed by atoms with Gasteiger partial charge in [0.1, 0.15) is 11.5 Å².